The van der Waals surface area contributed by atoms with E-state index in [1.54, 1.807) is 36.6 Å². The molecule has 0 aliphatic heterocycles. The highest BCUT2D eigenvalue weighted by Gasteiger charge is 2.19. The van der Waals surface area contributed by atoms with Crippen LogP contribution in [-0.2, 0) is 5.41 Å². The Morgan fingerprint density at radius 1 is 0.944 bits per heavy atom. The number of H-pyrrole nitrogens is 1. The summed E-state index contributed by atoms with van der Waals surface area (Å²) in [5, 5.41) is 7.47. The van der Waals surface area contributed by atoms with Gasteiger partial charge in [0, 0.05) is 23.3 Å². The topological polar surface area (TPSA) is 106 Å². The lowest BCUT2D eigenvalue weighted by Crippen LogP contribution is -2.19. The number of carbonyl (C=O) groups excluding carboxylic acids is 1. The van der Waals surface area contributed by atoms with E-state index < -0.39 is 0 Å². The number of nitrogens with zero attached hydrogens (tertiary/aromatic N) is 3. The minimum Gasteiger partial charge on any atom is -0.463 e. The number of aromatic amines is 1. The van der Waals surface area contributed by atoms with Crippen LogP contribution in [0.1, 0.15) is 36.7 Å². The van der Waals surface area contributed by atoms with Crippen LogP contribution in [0, 0.1) is 0 Å². The van der Waals surface area contributed by atoms with Crippen LogP contribution in [0.15, 0.2) is 94.3 Å². The Hall–Kier alpha value is -4.72. The fourth-order valence-corrected chi connectivity index (χ4v) is 3.79. The van der Waals surface area contributed by atoms with Crippen molar-refractivity contribution in [3.63, 3.8) is 0 Å². The van der Waals surface area contributed by atoms with Gasteiger partial charge in [-0.05, 0) is 35.2 Å². The highest BCUT2D eigenvalue weighted by molar-refractivity contribution is 6.04. The van der Waals surface area contributed by atoms with Crippen LogP contribution < -0.4 is 10.9 Å². The first-order chi connectivity index (χ1) is 17.3. The Morgan fingerprint density at radius 2 is 1.69 bits per heavy atom. The molecular weight excluding hydrogens is 454 g/mol. The number of carbonyl (C=O) groups is 1. The van der Waals surface area contributed by atoms with E-state index in [1.807, 2.05) is 42.5 Å². The second kappa shape index (κ2) is 9.14. The number of amides is 1. The molecule has 8 heteroatoms. The van der Waals surface area contributed by atoms with E-state index in [1.165, 1.54) is 10.7 Å². The van der Waals surface area contributed by atoms with Crippen LogP contribution in [0.2, 0.25) is 0 Å². The van der Waals surface area contributed by atoms with Crippen LogP contribution >= 0.6 is 0 Å². The highest BCUT2D eigenvalue weighted by Crippen LogP contribution is 2.26. The van der Waals surface area contributed by atoms with E-state index in [4.69, 9.17) is 4.42 Å². The third-order valence-corrected chi connectivity index (χ3v) is 5.74. The van der Waals surface area contributed by atoms with E-state index in [0.717, 1.165) is 11.1 Å². The van der Waals surface area contributed by atoms with Gasteiger partial charge in [-0.2, -0.15) is 9.78 Å². The van der Waals surface area contributed by atoms with Crippen molar-refractivity contribution in [2.24, 2.45) is 0 Å². The molecule has 3 heterocycles. The molecule has 1 amide bonds. The SMILES string of the molecule is CC(C)(C)c1ccc(C(=O)Nc2cc(-c3ccco3)nn2-c2nc(-c3ccccc3)cc(=O)[nH]2)cc1. The molecule has 0 radical (unpaired) electrons. The van der Waals surface area contributed by atoms with Gasteiger partial charge in [-0.1, -0.05) is 63.2 Å². The quantitative estimate of drug-likeness (QED) is 0.350. The molecule has 180 valence electrons. The van der Waals surface area contributed by atoms with E-state index in [0.29, 0.717) is 28.5 Å². The average Bonchev–Trinajstić information content (AvgIpc) is 3.54. The number of nitrogens with one attached hydrogen (secondary N) is 2. The van der Waals surface area contributed by atoms with Crippen molar-refractivity contribution in [2.45, 2.75) is 26.2 Å². The van der Waals surface area contributed by atoms with Gasteiger partial charge in [0.25, 0.3) is 11.5 Å². The Bertz CT molecular complexity index is 1560. The smallest absolute Gasteiger partial charge is 0.256 e. The molecule has 0 saturated heterocycles. The van der Waals surface area contributed by atoms with Crippen molar-refractivity contribution in [1.29, 1.82) is 0 Å². The standard InChI is InChI=1S/C28H25N5O3/c1-28(2,3)20-13-11-19(12-14-20)26(35)30-24-16-22(23-10-7-15-36-23)32-33(24)27-29-21(17-25(34)31-27)18-8-5-4-6-9-18/h4-17H,1-3H3,(H,30,35)(H,29,31,34). The molecule has 0 spiro atoms. The van der Waals surface area contributed by atoms with E-state index >= 15 is 0 Å². The van der Waals surface area contributed by atoms with Crippen LogP contribution in [0.4, 0.5) is 5.82 Å². The van der Waals surface area contributed by atoms with Gasteiger partial charge in [-0.15, -0.1) is 0 Å². The predicted molar refractivity (Wildman–Crippen MR) is 138 cm³/mol. The van der Waals surface area contributed by atoms with E-state index in [2.05, 4.69) is 41.2 Å². The van der Waals surface area contributed by atoms with Gasteiger partial charge in [0.15, 0.2) is 5.76 Å². The Balaban J connectivity index is 1.55. The first-order valence-corrected chi connectivity index (χ1v) is 11.5. The maximum atomic E-state index is 13.1. The van der Waals surface area contributed by atoms with Gasteiger partial charge in [0.1, 0.15) is 11.5 Å². The molecule has 3 aromatic heterocycles. The van der Waals surface area contributed by atoms with E-state index in [-0.39, 0.29) is 22.8 Å². The number of hydrogen-bond acceptors (Lipinski definition) is 5. The summed E-state index contributed by atoms with van der Waals surface area (Å²) in [7, 11) is 0. The molecule has 0 bridgehead atoms. The van der Waals surface area contributed by atoms with Crippen LogP contribution in [0.25, 0.3) is 28.7 Å². The summed E-state index contributed by atoms with van der Waals surface area (Å²) in [5.41, 5.74) is 3.01. The number of furan rings is 1. The fraction of sp³-hybridized carbons (Fsp3) is 0.143. The lowest BCUT2D eigenvalue weighted by molar-refractivity contribution is 0.102. The molecule has 0 unspecified atom stereocenters. The largest absolute Gasteiger partial charge is 0.463 e. The molecule has 8 nitrogen and oxygen atoms in total. The second-order valence-corrected chi connectivity index (χ2v) is 9.41. The van der Waals surface area contributed by atoms with Crippen LogP contribution in [-0.4, -0.2) is 25.7 Å². The van der Waals surface area contributed by atoms with Crippen molar-refractivity contribution in [3.05, 3.63) is 107 Å². The zero-order valence-corrected chi connectivity index (χ0v) is 20.1. The average molecular weight is 480 g/mol. The summed E-state index contributed by atoms with van der Waals surface area (Å²) < 4.78 is 6.89. The maximum Gasteiger partial charge on any atom is 0.256 e. The van der Waals surface area contributed by atoms with Crippen LogP contribution in [0.3, 0.4) is 0 Å². The molecule has 0 aliphatic carbocycles. The molecule has 0 fully saturated rings. The van der Waals surface area contributed by atoms with Gasteiger partial charge in [0.05, 0.1) is 12.0 Å². The predicted octanol–water partition coefficient (Wildman–Crippen LogP) is 5.43. The zero-order chi connectivity index (χ0) is 25.3. The number of benzene rings is 2. The number of hydrogen-bond donors (Lipinski definition) is 2. The van der Waals surface area contributed by atoms with E-state index in [9.17, 15) is 9.59 Å². The molecule has 5 aromatic rings. The summed E-state index contributed by atoms with van der Waals surface area (Å²) in [6.45, 7) is 6.36. The molecule has 0 aliphatic rings. The molecule has 36 heavy (non-hydrogen) atoms. The lowest BCUT2D eigenvalue weighted by atomic mass is 9.87. The minimum absolute atomic E-state index is 0.0210. The third-order valence-electron chi connectivity index (χ3n) is 5.74. The first kappa shape index (κ1) is 23.0. The summed E-state index contributed by atoms with van der Waals surface area (Å²) >= 11 is 0. The Morgan fingerprint density at radius 3 is 2.36 bits per heavy atom. The normalized spacial score (nSPS) is 11.4. The molecule has 0 atom stereocenters. The van der Waals surface area contributed by atoms with Crippen molar-refractivity contribution < 1.29 is 9.21 Å². The second-order valence-electron chi connectivity index (χ2n) is 9.41. The van der Waals surface area contributed by atoms with Gasteiger partial charge >= 0.3 is 0 Å². The molecule has 5 rings (SSSR count). The summed E-state index contributed by atoms with van der Waals surface area (Å²) in [5.74, 6) is 0.696. The highest BCUT2D eigenvalue weighted by atomic mass is 16.3. The summed E-state index contributed by atoms with van der Waals surface area (Å²) in [6, 6.07) is 23.5. The fourth-order valence-electron chi connectivity index (χ4n) is 3.79. The monoisotopic (exact) mass is 479 g/mol. The van der Waals surface area contributed by atoms with Gasteiger partial charge in [0.2, 0.25) is 5.95 Å². The third kappa shape index (κ3) is 4.74. The molecule has 2 aromatic carbocycles. The maximum absolute atomic E-state index is 13.1. The summed E-state index contributed by atoms with van der Waals surface area (Å²) in [4.78, 5) is 33.0. The van der Waals surface area contributed by atoms with Gasteiger partial charge < -0.3 is 9.73 Å². The molecule has 2 N–H and O–H groups in total. The molecule has 0 saturated carbocycles. The van der Waals surface area contributed by atoms with Gasteiger partial charge in [-0.3, -0.25) is 14.6 Å². The van der Waals surface area contributed by atoms with Crippen molar-refractivity contribution in [3.8, 4) is 28.7 Å². The van der Waals surface area contributed by atoms with Crippen molar-refractivity contribution >= 4 is 11.7 Å². The summed E-state index contributed by atoms with van der Waals surface area (Å²) in [6.07, 6.45) is 1.54. The zero-order valence-electron chi connectivity index (χ0n) is 20.1. The minimum atomic E-state index is -0.344. The Labute approximate surface area is 207 Å². The Kier molecular flexibility index (Phi) is 5.85. The lowest BCUT2D eigenvalue weighted by Gasteiger charge is -2.19. The van der Waals surface area contributed by atoms with Crippen molar-refractivity contribution in [1.82, 2.24) is 19.7 Å². The number of rotatable bonds is 5. The van der Waals surface area contributed by atoms with Gasteiger partial charge in [-0.25, -0.2) is 4.98 Å². The number of anilines is 1. The molecular formula is C28H25N5O3. The van der Waals surface area contributed by atoms with Crippen molar-refractivity contribution in [2.75, 3.05) is 5.32 Å². The van der Waals surface area contributed by atoms with Crippen LogP contribution in [0.5, 0.6) is 0 Å². The number of aromatic nitrogens is 4. The first-order valence-electron chi connectivity index (χ1n) is 11.5.